The quantitative estimate of drug-likeness (QED) is 0.731. The number of benzene rings is 1. The van der Waals surface area contributed by atoms with Gasteiger partial charge in [0.2, 0.25) is 0 Å². The van der Waals surface area contributed by atoms with Gasteiger partial charge < -0.3 is 9.64 Å². The molecule has 1 unspecified atom stereocenters. The molecule has 0 aliphatic heterocycles. The van der Waals surface area contributed by atoms with Gasteiger partial charge in [0.05, 0.1) is 13.0 Å². The van der Waals surface area contributed by atoms with E-state index in [-0.39, 0.29) is 11.9 Å². The van der Waals surface area contributed by atoms with Crippen molar-refractivity contribution < 1.29 is 9.53 Å². The summed E-state index contributed by atoms with van der Waals surface area (Å²) in [6, 6.07) is 8.00. The van der Waals surface area contributed by atoms with E-state index in [9.17, 15) is 4.79 Å². The topological polar surface area (TPSA) is 29.5 Å². The second kappa shape index (κ2) is 5.54. The van der Waals surface area contributed by atoms with Crippen molar-refractivity contribution in [2.75, 3.05) is 26.1 Å². The summed E-state index contributed by atoms with van der Waals surface area (Å²) < 4.78 is 4.79. The van der Waals surface area contributed by atoms with Gasteiger partial charge in [0.15, 0.2) is 0 Å². The number of carbonyl (C=O) groups is 1. The molecule has 0 aliphatic carbocycles. The van der Waals surface area contributed by atoms with Crippen molar-refractivity contribution in [1.29, 1.82) is 0 Å². The highest BCUT2D eigenvalue weighted by Crippen LogP contribution is 2.23. The molecule has 0 saturated heterocycles. The summed E-state index contributed by atoms with van der Waals surface area (Å²) in [5.41, 5.74) is 2.14. The number of carbonyl (C=O) groups excluding carboxylic acids is 1. The summed E-state index contributed by atoms with van der Waals surface area (Å²) in [4.78, 5) is 13.6. The Hall–Kier alpha value is -1.51. The summed E-state index contributed by atoms with van der Waals surface area (Å²) in [6.45, 7) is 1.99. The van der Waals surface area contributed by atoms with E-state index in [1.165, 1.54) is 7.11 Å². The highest BCUT2D eigenvalue weighted by atomic mass is 16.5. The minimum atomic E-state index is -0.167. The number of nitrogens with zero attached hydrogens (tertiary/aromatic N) is 1. The van der Waals surface area contributed by atoms with Gasteiger partial charge in [0.25, 0.3) is 0 Å². The van der Waals surface area contributed by atoms with E-state index in [2.05, 4.69) is 0 Å². The first-order chi connectivity index (χ1) is 7.60. The van der Waals surface area contributed by atoms with Gasteiger partial charge >= 0.3 is 5.97 Å². The molecule has 1 aromatic carbocycles. The first-order valence-corrected chi connectivity index (χ1v) is 5.45. The van der Waals surface area contributed by atoms with Crippen LogP contribution in [0.3, 0.4) is 0 Å². The zero-order chi connectivity index (χ0) is 12.1. The molecule has 3 heteroatoms. The monoisotopic (exact) mass is 221 g/mol. The van der Waals surface area contributed by atoms with Crippen molar-refractivity contribution >= 4 is 11.7 Å². The van der Waals surface area contributed by atoms with Crippen LogP contribution in [-0.2, 0) is 9.53 Å². The van der Waals surface area contributed by atoms with Gasteiger partial charge in [-0.15, -0.1) is 0 Å². The normalized spacial score (nSPS) is 12.0. The molecule has 0 spiro atoms. The van der Waals surface area contributed by atoms with Crippen LogP contribution in [0.5, 0.6) is 0 Å². The summed E-state index contributed by atoms with van der Waals surface area (Å²) >= 11 is 0. The second-order valence-electron chi connectivity index (χ2n) is 3.97. The molecule has 0 radical (unpaired) electrons. The number of ether oxygens (including phenoxy) is 1. The Morgan fingerprint density at radius 3 is 2.25 bits per heavy atom. The lowest BCUT2D eigenvalue weighted by atomic mass is 9.96. The van der Waals surface area contributed by atoms with Crippen molar-refractivity contribution in [2.45, 2.75) is 19.3 Å². The van der Waals surface area contributed by atoms with Gasteiger partial charge in [0, 0.05) is 19.8 Å². The third-order valence-corrected chi connectivity index (χ3v) is 2.71. The Kier molecular flexibility index (Phi) is 4.35. The van der Waals surface area contributed by atoms with Crippen LogP contribution in [0.25, 0.3) is 0 Å². The Morgan fingerprint density at radius 2 is 1.88 bits per heavy atom. The SMILES string of the molecule is CCC(C(=O)OC)c1ccc(N(C)C)cc1. The molecule has 0 N–H and O–H groups in total. The van der Waals surface area contributed by atoms with Crippen LogP contribution in [0.15, 0.2) is 24.3 Å². The number of hydrogen-bond acceptors (Lipinski definition) is 3. The third-order valence-electron chi connectivity index (χ3n) is 2.71. The second-order valence-corrected chi connectivity index (χ2v) is 3.97. The fraction of sp³-hybridized carbons (Fsp3) is 0.462. The molecule has 0 heterocycles. The van der Waals surface area contributed by atoms with E-state index >= 15 is 0 Å². The maximum absolute atomic E-state index is 11.5. The molecule has 1 rings (SSSR count). The fourth-order valence-electron chi connectivity index (χ4n) is 1.69. The number of methoxy groups -OCH3 is 1. The van der Waals surface area contributed by atoms with Crippen LogP contribution in [0.2, 0.25) is 0 Å². The van der Waals surface area contributed by atoms with Crippen molar-refractivity contribution in [3.63, 3.8) is 0 Å². The summed E-state index contributed by atoms with van der Waals surface area (Å²) in [7, 11) is 5.42. The van der Waals surface area contributed by atoms with Crippen molar-refractivity contribution in [1.82, 2.24) is 0 Å². The predicted molar refractivity (Wildman–Crippen MR) is 65.8 cm³/mol. The fourth-order valence-corrected chi connectivity index (χ4v) is 1.69. The molecule has 1 aromatic rings. The Balaban J connectivity index is 2.90. The molecule has 1 atom stereocenters. The Morgan fingerprint density at radius 1 is 1.31 bits per heavy atom. The molecule has 3 nitrogen and oxygen atoms in total. The van der Waals surface area contributed by atoms with Gasteiger partial charge in [-0.3, -0.25) is 4.79 Å². The lowest BCUT2D eigenvalue weighted by molar-refractivity contribution is -0.142. The molecule has 0 saturated carbocycles. The van der Waals surface area contributed by atoms with Crippen LogP contribution in [0.4, 0.5) is 5.69 Å². The summed E-state index contributed by atoms with van der Waals surface area (Å²) in [5.74, 6) is -0.318. The average Bonchev–Trinajstić information content (AvgIpc) is 2.30. The molecule has 88 valence electrons. The smallest absolute Gasteiger partial charge is 0.313 e. The van der Waals surface area contributed by atoms with Crippen LogP contribution in [-0.4, -0.2) is 27.2 Å². The van der Waals surface area contributed by atoms with Crippen molar-refractivity contribution in [3.05, 3.63) is 29.8 Å². The largest absolute Gasteiger partial charge is 0.469 e. The van der Waals surface area contributed by atoms with Crippen LogP contribution < -0.4 is 4.90 Å². The lowest BCUT2D eigenvalue weighted by Crippen LogP contribution is -2.14. The maximum atomic E-state index is 11.5. The van der Waals surface area contributed by atoms with Crippen molar-refractivity contribution in [3.8, 4) is 0 Å². The first kappa shape index (κ1) is 12.6. The highest BCUT2D eigenvalue weighted by Gasteiger charge is 2.18. The van der Waals surface area contributed by atoms with Gasteiger partial charge in [0.1, 0.15) is 0 Å². The Labute approximate surface area is 97.0 Å². The van der Waals surface area contributed by atoms with E-state index < -0.39 is 0 Å². The number of anilines is 1. The zero-order valence-corrected chi connectivity index (χ0v) is 10.4. The summed E-state index contributed by atoms with van der Waals surface area (Å²) in [6.07, 6.45) is 0.758. The van der Waals surface area contributed by atoms with Gasteiger partial charge in [-0.1, -0.05) is 19.1 Å². The molecular formula is C13H19NO2. The third kappa shape index (κ3) is 2.75. The predicted octanol–water partition coefficient (Wildman–Crippen LogP) is 2.42. The molecule has 0 aliphatic rings. The Bertz CT molecular complexity index is 343. The minimum Gasteiger partial charge on any atom is -0.469 e. The zero-order valence-electron chi connectivity index (χ0n) is 10.4. The van der Waals surface area contributed by atoms with Crippen LogP contribution in [0, 0.1) is 0 Å². The van der Waals surface area contributed by atoms with Gasteiger partial charge in [-0.2, -0.15) is 0 Å². The average molecular weight is 221 g/mol. The highest BCUT2D eigenvalue weighted by molar-refractivity contribution is 5.78. The number of rotatable bonds is 4. The summed E-state index contributed by atoms with van der Waals surface area (Å²) in [5, 5.41) is 0. The van der Waals surface area contributed by atoms with E-state index in [1.54, 1.807) is 0 Å². The molecule has 0 amide bonds. The van der Waals surface area contributed by atoms with E-state index in [4.69, 9.17) is 4.74 Å². The minimum absolute atomic E-state index is 0.152. The molecule has 16 heavy (non-hydrogen) atoms. The molecule has 0 aromatic heterocycles. The number of hydrogen-bond donors (Lipinski definition) is 0. The molecular weight excluding hydrogens is 202 g/mol. The lowest BCUT2D eigenvalue weighted by Gasteiger charge is -2.16. The van der Waals surface area contributed by atoms with Gasteiger partial charge in [-0.05, 0) is 24.1 Å². The first-order valence-electron chi connectivity index (χ1n) is 5.45. The van der Waals surface area contributed by atoms with Crippen LogP contribution in [0.1, 0.15) is 24.8 Å². The van der Waals surface area contributed by atoms with Crippen LogP contribution >= 0.6 is 0 Å². The van der Waals surface area contributed by atoms with E-state index in [0.717, 1.165) is 17.7 Å². The molecule has 0 bridgehead atoms. The number of esters is 1. The standard InChI is InChI=1S/C13H19NO2/c1-5-12(13(15)16-4)10-6-8-11(9-7-10)14(2)3/h6-9,12H,5H2,1-4H3. The van der Waals surface area contributed by atoms with Gasteiger partial charge in [-0.25, -0.2) is 0 Å². The van der Waals surface area contributed by atoms with Crippen molar-refractivity contribution in [2.24, 2.45) is 0 Å². The maximum Gasteiger partial charge on any atom is 0.313 e. The van der Waals surface area contributed by atoms with E-state index in [0.29, 0.717) is 0 Å². The molecule has 0 fully saturated rings. The van der Waals surface area contributed by atoms with E-state index in [1.807, 2.05) is 50.2 Å².